The highest BCUT2D eigenvalue weighted by Gasteiger charge is 2.07. The molecular formula is C13H11F2NO. The van der Waals surface area contributed by atoms with Crippen molar-refractivity contribution in [2.75, 3.05) is 11.9 Å². The van der Waals surface area contributed by atoms with Crippen LogP contribution in [-0.2, 0) is 0 Å². The van der Waals surface area contributed by atoms with Gasteiger partial charge in [-0.15, -0.1) is 0 Å². The van der Waals surface area contributed by atoms with E-state index in [1.54, 1.807) is 24.1 Å². The third-order valence-electron chi connectivity index (χ3n) is 2.47. The van der Waals surface area contributed by atoms with E-state index in [2.05, 4.69) is 0 Å². The van der Waals surface area contributed by atoms with Crippen molar-refractivity contribution in [2.24, 2.45) is 0 Å². The van der Waals surface area contributed by atoms with E-state index < -0.39 is 11.6 Å². The highest BCUT2D eigenvalue weighted by Crippen LogP contribution is 2.26. The van der Waals surface area contributed by atoms with Gasteiger partial charge in [0.15, 0.2) is 0 Å². The van der Waals surface area contributed by atoms with Gasteiger partial charge in [-0.3, -0.25) is 0 Å². The van der Waals surface area contributed by atoms with Gasteiger partial charge in [0.05, 0.1) is 0 Å². The molecule has 0 bridgehead atoms. The highest BCUT2D eigenvalue weighted by atomic mass is 19.1. The van der Waals surface area contributed by atoms with Gasteiger partial charge in [0, 0.05) is 24.5 Å². The molecule has 2 aromatic rings. The Morgan fingerprint density at radius 3 is 1.94 bits per heavy atom. The standard InChI is InChI=1S/C13H11F2NO/c1-16(11-2-4-13(17)5-3-11)12-7-9(14)6-10(15)8-12/h2-8,17H,1H3. The van der Waals surface area contributed by atoms with Crippen molar-refractivity contribution < 1.29 is 13.9 Å². The third kappa shape index (κ3) is 2.53. The van der Waals surface area contributed by atoms with E-state index >= 15 is 0 Å². The van der Waals surface area contributed by atoms with Gasteiger partial charge in [-0.2, -0.15) is 0 Å². The van der Waals surface area contributed by atoms with Crippen molar-refractivity contribution in [1.29, 1.82) is 0 Å². The molecule has 2 rings (SSSR count). The number of benzene rings is 2. The van der Waals surface area contributed by atoms with Crippen LogP contribution in [0.4, 0.5) is 20.2 Å². The molecule has 2 nitrogen and oxygen atoms in total. The first-order chi connectivity index (χ1) is 8.06. The summed E-state index contributed by atoms with van der Waals surface area (Å²) < 4.78 is 26.1. The summed E-state index contributed by atoms with van der Waals surface area (Å²) >= 11 is 0. The average molecular weight is 235 g/mol. The molecule has 0 aliphatic rings. The summed E-state index contributed by atoms with van der Waals surface area (Å²) in [4.78, 5) is 1.63. The lowest BCUT2D eigenvalue weighted by Crippen LogP contribution is -2.09. The topological polar surface area (TPSA) is 23.5 Å². The fourth-order valence-electron chi connectivity index (χ4n) is 1.56. The summed E-state index contributed by atoms with van der Waals surface area (Å²) in [6, 6.07) is 9.68. The minimum Gasteiger partial charge on any atom is -0.508 e. The van der Waals surface area contributed by atoms with Crippen molar-refractivity contribution in [1.82, 2.24) is 0 Å². The fourth-order valence-corrected chi connectivity index (χ4v) is 1.56. The number of phenolic OH excluding ortho intramolecular Hbond substituents is 1. The van der Waals surface area contributed by atoms with Crippen LogP contribution < -0.4 is 4.90 Å². The number of anilines is 2. The molecule has 0 aromatic heterocycles. The Morgan fingerprint density at radius 2 is 1.41 bits per heavy atom. The van der Waals surface area contributed by atoms with Crippen molar-refractivity contribution in [3.05, 3.63) is 54.1 Å². The molecule has 1 N–H and O–H groups in total. The number of halogens is 2. The van der Waals surface area contributed by atoms with E-state index in [0.29, 0.717) is 5.69 Å². The van der Waals surface area contributed by atoms with Gasteiger partial charge in [0.1, 0.15) is 17.4 Å². The predicted molar refractivity (Wildman–Crippen MR) is 62.5 cm³/mol. The van der Waals surface area contributed by atoms with E-state index in [4.69, 9.17) is 5.11 Å². The number of aromatic hydroxyl groups is 1. The fraction of sp³-hybridized carbons (Fsp3) is 0.0769. The van der Waals surface area contributed by atoms with Gasteiger partial charge in [0.25, 0.3) is 0 Å². The molecule has 0 radical (unpaired) electrons. The Balaban J connectivity index is 2.36. The summed E-state index contributed by atoms with van der Waals surface area (Å²) in [7, 11) is 1.70. The lowest BCUT2D eigenvalue weighted by atomic mass is 10.2. The van der Waals surface area contributed by atoms with Gasteiger partial charge in [-0.1, -0.05) is 0 Å². The van der Waals surface area contributed by atoms with Crippen molar-refractivity contribution >= 4 is 11.4 Å². The van der Waals surface area contributed by atoms with Crippen LogP contribution in [0.15, 0.2) is 42.5 Å². The summed E-state index contributed by atoms with van der Waals surface area (Å²) in [5, 5.41) is 9.16. The second-order valence-corrected chi connectivity index (χ2v) is 3.70. The first kappa shape index (κ1) is 11.4. The Morgan fingerprint density at radius 1 is 0.882 bits per heavy atom. The summed E-state index contributed by atoms with van der Waals surface area (Å²) in [5.41, 5.74) is 1.14. The Hall–Kier alpha value is -2.10. The van der Waals surface area contributed by atoms with E-state index in [0.717, 1.165) is 11.8 Å². The second-order valence-electron chi connectivity index (χ2n) is 3.70. The predicted octanol–water partition coefficient (Wildman–Crippen LogP) is 3.44. The molecule has 0 unspecified atom stereocenters. The van der Waals surface area contributed by atoms with Crippen molar-refractivity contribution in [2.45, 2.75) is 0 Å². The number of rotatable bonds is 2. The summed E-state index contributed by atoms with van der Waals surface area (Å²) in [5.74, 6) is -1.09. The van der Waals surface area contributed by atoms with Crippen LogP contribution in [0.2, 0.25) is 0 Å². The quantitative estimate of drug-likeness (QED) is 0.861. The van der Waals surface area contributed by atoms with Crippen LogP contribution >= 0.6 is 0 Å². The van der Waals surface area contributed by atoms with E-state index in [-0.39, 0.29) is 5.75 Å². The van der Waals surface area contributed by atoms with E-state index in [1.165, 1.54) is 24.3 Å². The zero-order valence-corrected chi connectivity index (χ0v) is 9.19. The average Bonchev–Trinajstić information content (AvgIpc) is 2.28. The summed E-state index contributed by atoms with van der Waals surface area (Å²) in [6.45, 7) is 0. The molecular weight excluding hydrogens is 224 g/mol. The van der Waals surface area contributed by atoms with Crippen LogP contribution in [0.1, 0.15) is 0 Å². The van der Waals surface area contributed by atoms with E-state index in [1.807, 2.05) is 0 Å². The monoisotopic (exact) mass is 235 g/mol. The highest BCUT2D eigenvalue weighted by molar-refractivity contribution is 5.63. The zero-order valence-electron chi connectivity index (χ0n) is 9.19. The lowest BCUT2D eigenvalue weighted by Gasteiger charge is -2.19. The zero-order chi connectivity index (χ0) is 12.4. The smallest absolute Gasteiger partial charge is 0.128 e. The molecule has 2 aromatic carbocycles. The van der Waals surface area contributed by atoms with Gasteiger partial charge in [-0.05, 0) is 36.4 Å². The number of hydrogen-bond donors (Lipinski definition) is 1. The minimum absolute atomic E-state index is 0.146. The maximum atomic E-state index is 13.1. The number of nitrogens with zero attached hydrogens (tertiary/aromatic N) is 1. The minimum atomic E-state index is -0.620. The largest absolute Gasteiger partial charge is 0.508 e. The Labute approximate surface area is 97.7 Å². The van der Waals surface area contributed by atoms with Gasteiger partial charge in [0.2, 0.25) is 0 Å². The molecule has 88 valence electrons. The molecule has 0 fully saturated rings. The van der Waals surface area contributed by atoms with Crippen molar-refractivity contribution in [3.8, 4) is 5.75 Å². The van der Waals surface area contributed by atoms with Crippen LogP contribution in [0.3, 0.4) is 0 Å². The van der Waals surface area contributed by atoms with Crippen LogP contribution in [-0.4, -0.2) is 12.2 Å². The molecule has 0 aliphatic carbocycles. The maximum Gasteiger partial charge on any atom is 0.128 e. The second kappa shape index (κ2) is 4.41. The molecule has 0 spiro atoms. The first-order valence-electron chi connectivity index (χ1n) is 5.05. The summed E-state index contributed by atoms with van der Waals surface area (Å²) in [6.07, 6.45) is 0. The SMILES string of the molecule is CN(c1ccc(O)cc1)c1cc(F)cc(F)c1. The molecule has 17 heavy (non-hydrogen) atoms. The van der Waals surface area contributed by atoms with Crippen LogP contribution in [0.5, 0.6) is 5.75 Å². The normalized spacial score (nSPS) is 10.3. The van der Waals surface area contributed by atoms with Gasteiger partial charge >= 0.3 is 0 Å². The van der Waals surface area contributed by atoms with Crippen LogP contribution in [0, 0.1) is 11.6 Å². The third-order valence-corrected chi connectivity index (χ3v) is 2.47. The van der Waals surface area contributed by atoms with E-state index in [9.17, 15) is 8.78 Å². The molecule has 0 atom stereocenters. The van der Waals surface area contributed by atoms with Crippen LogP contribution in [0.25, 0.3) is 0 Å². The Bertz CT molecular complexity index is 505. The molecule has 0 aliphatic heterocycles. The molecule has 0 saturated carbocycles. The maximum absolute atomic E-state index is 13.1. The first-order valence-corrected chi connectivity index (χ1v) is 5.05. The molecule has 0 heterocycles. The number of hydrogen-bond acceptors (Lipinski definition) is 2. The lowest BCUT2D eigenvalue weighted by molar-refractivity contribution is 0.475. The molecule has 0 amide bonds. The molecule has 4 heteroatoms. The number of phenols is 1. The van der Waals surface area contributed by atoms with Gasteiger partial charge in [-0.25, -0.2) is 8.78 Å². The molecule has 0 saturated heterocycles. The Kier molecular flexibility index (Phi) is 2.95. The van der Waals surface area contributed by atoms with Crippen molar-refractivity contribution in [3.63, 3.8) is 0 Å². The van der Waals surface area contributed by atoms with Gasteiger partial charge < -0.3 is 10.0 Å².